The zero-order valence-corrected chi connectivity index (χ0v) is 10.6. The highest BCUT2D eigenvalue weighted by molar-refractivity contribution is 5.15. The summed E-state index contributed by atoms with van der Waals surface area (Å²) in [6.45, 7) is 10.9. The largest absolute Gasteiger partial charge is 0.316 e. The lowest BCUT2D eigenvalue weighted by atomic mass is 9.97. The van der Waals surface area contributed by atoms with E-state index in [4.69, 9.17) is 0 Å². The summed E-state index contributed by atoms with van der Waals surface area (Å²) in [7, 11) is 1.99. The molecule has 1 aromatic heterocycles. The van der Waals surface area contributed by atoms with E-state index in [1.807, 2.05) is 17.9 Å². The summed E-state index contributed by atoms with van der Waals surface area (Å²) >= 11 is 0. The molecule has 0 unspecified atom stereocenters. The van der Waals surface area contributed by atoms with Crippen molar-refractivity contribution in [3.05, 3.63) is 17.5 Å². The third kappa shape index (κ3) is 4.04. The lowest BCUT2D eigenvalue weighted by Crippen LogP contribution is -2.28. The third-order valence-electron chi connectivity index (χ3n) is 2.56. The molecule has 1 heterocycles. The highest BCUT2D eigenvalue weighted by Crippen LogP contribution is 2.10. The molecule has 3 heteroatoms. The van der Waals surface area contributed by atoms with Crippen LogP contribution in [0.25, 0.3) is 0 Å². The predicted molar refractivity (Wildman–Crippen MR) is 64.0 cm³/mol. The Morgan fingerprint density at radius 2 is 2.07 bits per heavy atom. The van der Waals surface area contributed by atoms with Gasteiger partial charge >= 0.3 is 0 Å². The molecule has 0 spiro atoms. The Labute approximate surface area is 92.9 Å². The molecule has 0 aliphatic carbocycles. The molecule has 1 aromatic rings. The number of hydrogen-bond acceptors (Lipinski definition) is 2. The van der Waals surface area contributed by atoms with Gasteiger partial charge in [0.1, 0.15) is 0 Å². The number of rotatable bonds is 4. The van der Waals surface area contributed by atoms with Crippen LogP contribution in [0, 0.1) is 12.3 Å². The minimum absolute atomic E-state index is 0.365. The lowest BCUT2D eigenvalue weighted by molar-refractivity contribution is 0.381. The van der Waals surface area contributed by atoms with E-state index in [-0.39, 0.29) is 0 Å². The van der Waals surface area contributed by atoms with E-state index in [1.165, 1.54) is 11.3 Å². The van der Waals surface area contributed by atoms with Crippen LogP contribution in [0.4, 0.5) is 0 Å². The molecule has 0 bridgehead atoms. The van der Waals surface area contributed by atoms with Crippen molar-refractivity contribution < 1.29 is 0 Å². The maximum Gasteiger partial charge on any atom is 0.0524 e. The molecule has 0 saturated heterocycles. The van der Waals surface area contributed by atoms with Gasteiger partial charge in [-0.15, -0.1) is 0 Å². The maximum atomic E-state index is 4.23. The molecule has 0 atom stereocenters. The van der Waals surface area contributed by atoms with E-state index in [9.17, 15) is 0 Å². The monoisotopic (exact) mass is 209 g/mol. The molecule has 0 radical (unpaired) electrons. The van der Waals surface area contributed by atoms with E-state index in [0.717, 1.165) is 19.5 Å². The van der Waals surface area contributed by atoms with Crippen LogP contribution in [0.15, 0.2) is 6.20 Å². The highest BCUT2D eigenvalue weighted by atomic mass is 15.3. The van der Waals surface area contributed by atoms with Gasteiger partial charge in [-0.05, 0) is 30.9 Å². The van der Waals surface area contributed by atoms with Crippen LogP contribution in [-0.4, -0.2) is 22.9 Å². The van der Waals surface area contributed by atoms with Gasteiger partial charge < -0.3 is 5.32 Å². The van der Waals surface area contributed by atoms with Crippen molar-refractivity contribution in [3.8, 4) is 0 Å². The Morgan fingerprint density at radius 1 is 1.40 bits per heavy atom. The number of nitrogens with one attached hydrogen (secondary N) is 1. The molecule has 1 N–H and O–H groups in total. The van der Waals surface area contributed by atoms with Gasteiger partial charge in [-0.2, -0.15) is 5.10 Å². The van der Waals surface area contributed by atoms with Crippen molar-refractivity contribution in [1.29, 1.82) is 0 Å². The summed E-state index contributed by atoms with van der Waals surface area (Å²) in [6.07, 6.45) is 3.03. The highest BCUT2D eigenvalue weighted by Gasteiger charge is 2.09. The minimum atomic E-state index is 0.365. The molecule has 15 heavy (non-hydrogen) atoms. The van der Waals surface area contributed by atoms with Gasteiger partial charge in [0.05, 0.1) is 6.20 Å². The summed E-state index contributed by atoms with van der Waals surface area (Å²) in [5, 5.41) is 7.71. The second kappa shape index (κ2) is 4.79. The van der Waals surface area contributed by atoms with E-state index in [2.05, 4.69) is 38.1 Å². The fourth-order valence-corrected chi connectivity index (χ4v) is 1.48. The molecule has 86 valence electrons. The van der Waals surface area contributed by atoms with Crippen LogP contribution in [0.3, 0.4) is 0 Å². The van der Waals surface area contributed by atoms with Crippen molar-refractivity contribution in [3.63, 3.8) is 0 Å². The second-order valence-corrected chi connectivity index (χ2v) is 5.37. The summed E-state index contributed by atoms with van der Waals surface area (Å²) in [5.41, 5.74) is 2.98. The third-order valence-corrected chi connectivity index (χ3v) is 2.56. The molecular weight excluding hydrogens is 186 g/mol. The van der Waals surface area contributed by atoms with Crippen LogP contribution in [0.5, 0.6) is 0 Å². The number of aromatic nitrogens is 2. The van der Waals surface area contributed by atoms with Crippen LogP contribution >= 0.6 is 0 Å². The van der Waals surface area contributed by atoms with Gasteiger partial charge in [-0.25, -0.2) is 0 Å². The SMILES string of the molecule is Cc1c(CCNCC(C)(C)C)cnn1C. The van der Waals surface area contributed by atoms with E-state index in [0.29, 0.717) is 5.41 Å². The van der Waals surface area contributed by atoms with Crippen LogP contribution in [0.2, 0.25) is 0 Å². The first-order valence-corrected chi connectivity index (χ1v) is 5.58. The topological polar surface area (TPSA) is 29.9 Å². The zero-order chi connectivity index (χ0) is 11.5. The molecule has 0 amide bonds. The molecule has 0 fully saturated rings. The normalized spacial score (nSPS) is 12.1. The first-order valence-electron chi connectivity index (χ1n) is 5.58. The molecule has 0 saturated carbocycles. The van der Waals surface area contributed by atoms with Gasteiger partial charge in [0.2, 0.25) is 0 Å². The van der Waals surface area contributed by atoms with Crippen LogP contribution in [-0.2, 0) is 13.5 Å². The van der Waals surface area contributed by atoms with Crippen molar-refractivity contribution in [2.24, 2.45) is 12.5 Å². The average Bonchev–Trinajstić information content (AvgIpc) is 2.42. The average molecular weight is 209 g/mol. The van der Waals surface area contributed by atoms with Crippen molar-refractivity contribution in [1.82, 2.24) is 15.1 Å². The fraction of sp³-hybridized carbons (Fsp3) is 0.750. The minimum Gasteiger partial charge on any atom is -0.316 e. The standard InChI is InChI=1S/C12H23N3/c1-10-11(8-14-15(10)5)6-7-13-9-12(2,3)4/h8,13H,6-7,9H2,1-5H3. The quantitative estimate of drug-likeness (QED) is 0.768. The summed E-state index contributed by atoms with van der Waals surface area (Å²) in [5.74, 6) is 0. The van der Waals surface area contributed by atoms with Crippen LogP contribution in [0.1, 0.15) is 32.0 Å². The smallest absolute Gasteiger partial charge is 0.0524 e. The predicted octanol–water partition coefficient (Wildman–Crippen LogP) is 1.91. The fourth-order valence-electron chi connectivity index (χ4n) is 1.48. The zero-order valence-electron chi connectivity index (χ0n) is 10.6. The second-order valence-electron chi connectivity index (χ2n) is 5.37. The lowest BCUT2D eigenvalue weighted by Gasteiger charge is -2.18. The van der Waals surface area contributed by atoms with Gasteiger partial charge in [0.15, 0.2) is 0 Å². The Kier molecular flexibility index (Phi) is 3.91. The molecular formula is C12H23N3. The molecule has 0 aliphatic rings. The van der Waals surface area contributed by atoms with E-state index in [1.54, 1.807) is 0 Å². The van der Waals surface area contributed by atoms with Crippen molar-refractivity contribution >= 4 is 0 Å². The Morgan fingerprint density at radius 3 is 2.53 bits per heavy atom. The Bertz CT molecular complexity index is 307. The van der Waals surface area contributed by atoms with Crippen molar-refractivity contribution in [2.75, 3.05) is 13.1 Å². The molecule has 0 aliphatic heterocycles. The van der Waals surface area contributed by atoms with Crippen LogP contribution < -0.4 is 5.32 Å². The van der Waals surface area contributed by atoms with Gasteiger partial charge in [-0.1, -0.05) is 20.8 Å². The summed E-state index contributed by atoms with van der Waals surface area (Å²) < 4.78 is 1.93. The Hall–Kier alpha value is -0.830. The number of hydrogen-bond donors (Lipinski definition) is 1. The Balaban J connectivity index is 2.30. The van der Waals surface area contributed by atoms with Gasteiger partial charge in [-0.3, -0.25) is 4.68 Å². The maximum absolute atomic E-state index is 4.23. The molecule has 1 rings (SSSR count). The van der Waals surface area contributed by atoms with Gasteiger partial charge in [0, 0.05) is 19.3 Å². The first-order chi connectivity index (χ1) is 6.90. The summed E-state index contributed by atoms with van der Waals surface area (Å²) in [4.78, 5) is 0. The molecule has 0 aromatic carbocycles. The molecule has 3 nitrogen and oxygen atoms in total. The summed E-state index contributed by atoms with van der Waals surface area (Å²) in [6, 6.07) is 0. The number of nitrogens with zero attached hydrogens (tertiary/aromatic N) is 2. The first kappa shape index (κ1) is 12.2. The van der Waals surface area contributed by atoms with Crippen molar-refractivity contribution in [2.45, 2.75) is 34.1 Å². The van der Waals surface area contributed by atoms with Gasteiger partial charge in [0.25, 0.3) is 0 Å². The van der Waals surface area contributed by atoms with E-state index < -0.39 is 0 Å². The van der Waals surface area contributed by atoms with E-state index >= 15 is 0 Å². The number of aryl methyl sites for hydroxylation is 1.